The summed E-state index contributed by atoms with van der Waals surface area (Å²) in [6, 6.07) is 24.1. The molecule has 0 aliphatic rings. The third-order valence-electron chi connectivity index (χ3n) is 5.79. The number of aromatic nitrogens is 5. The Morgan fingerprint density at radius 3 is 2.68 bits per heavy atom. The molecule has 0 radical (unpaired) electrons. The van der Waals surface area contributed by atoms with Gasteiger partial charge in [0.05, 0.1) is 36.1 Å². The van der Waals surface area contributed by atoms with Crippen molar-refractivity contribution in [2.24, 2.45) is 7.05 Å². The molecule has 5 rings (SSSR count). The van der Waals surface area contributed by atoms with Crippen molar-refractivity contribution in [3.05, 3.63) is 84.1 Å². The number of H-pyrrole nitrogens is 1. The first kappa shape index (κ1) is 23.6. The van der Waals surface area contributed by atoms with Gasteiger partial charge in [-0.15, -0.1) is 10.2 Å². The normalized spacial score (nSPS) is 10.7. The average Bonchev–Trinajstić information content (AvgIpc) is 3.58. The van der Waals surface area contributed by atoms with Gasteiger partial charge < -0.3 is 19.4 Å². The summed E-state index contributed by atoms with van der Waals surface area (Å²) in [4.78, 5) is 13.3. The molecule has 10 heteroatoms. The molecule has 2 aromatic heterocycles. The van der Waals surface area contributed by atoms with Crippen LogP contribution in [0, 0.1) is 11.3 Å². The van der Waals surface area contributed by atoms with Crippen molar-refractivity contribution in [2.45, 2.75) is 6.42 Å². The highest BCUT2D eigenvalue weighted by molar-refractivity contribution is 6.08. The number of rotatable bonds is 9. The first-order valence-corrected chi connectivity index (χ1v) is 11.6. The van der Waals surface area contributed by atoms with Crippen molar-refractivity contribution in [2.75, 3.05) is 18.5 Å². The van der Waals surface area contributed by atoms with Crippen molar-refractivity contribution >= 4 is 22.5 Å². The van der Waals surface area contributed by atoms with Gasteiger partial charge in [0.25, 0.3) is 5.91 Å². The highest BCUT2D eigenvalue weighted by atomic mass is 16.5. The molecule has 2 heterocycles. The molecule has 0 aliphatic heterocycles. The van der Waals surface area contributed by atoms with Crippen molar-refractivity contribution in [1.29, 1.82) is 5.26 Å². The molecule has 5 aromatic rings. The Kier molecular flexibility index (Phi) is 6.76. The number of nitrogens with one attached hydrogen (secondary N) is 2. The molecule has 184 valence electrons. The molecule has 0 atom stereocenters. The number of benzene rings is 3. The summed E-state index contributed by atoms with van der Waals surface area (Å²) in [5, 5.41) is 27.0. The van der Waals surface area contributed by atoms with E-state index in [0.29, 0.717) is 47.9 Å². The number of para-hydroxylation sites is 2. The number of aryl methyl sites for hydroxylation is 1. The minimum Gasteiger partial charge on any atom is -0.493 e. The highest BCUT2D eigenvalue weighted by Crippen LogP contribution is 2.30. The van der Waals surface area contributed by atoms with Crippen LogP contribution < -0.4 is 14.8 Å². The fraction of sp³-hybridized carbons (Fsp3) is 0.148. The molecule has 0 spiro atoms. The van der Waals surface area contributed by atoms with Crippen LogP contribution in [0.25, 0.3) is 22.3 Å². The molecule has 37 heavy (non-hydrogen) atoms. The first-order chi connectivity index (χ1) is 18.1. The van der Waals surface area contributed by atoms with E-state index in [0.717, 1.165) is 16.7 Å². The zero-order valence-corrected chi connectivity index (χ0v) is 20.0. The lowest BCUT2D eigenvalue weighted by Crippen LogP contribution is -2.16. The number of amides is 1. The Bertz CT molecular complexity index is 1570. The summed E-state index contributed by atoms with van der Waals surface area (Å²) in [5.41, 5.74) is 2.63. The second-order valence-corrected chi connectivity index (χ2v) is 8.21. The van der Waals surface area contributed by atoms with E-state index < -0.39 is 0 Å². The number of hydrogen-bond donors (Lipinski definition) is 2. The molecule has 10 nitrogen and oxygen atoms in total. The van der Waals surface area contributed by atoms with Crippen LogP contribution in [0.3, 0.4) is 0 Å². The fourth-order valence-electron chi connectivity index (χ4n) is 4.03. The molecular formula is C27H23N7O3. The van der Waals surface area contributed by atoms with Gasteiger partial charge in [0.1, 0.15) is 17.2 Å². The number of carbonyl (C=O) groups excluding carboxylic acids is 1. The smallest absolute Gasteiger partial charge is 0.272 e. The van der Waals surface area contributed by atoms with Gasteiger partial charge in [-0.05, 0) is 47.7 Å². The number of nitriles is 1. The monoisotopic (exact) mass is 493 g/mol. The summed E-state index contributed by atoms with van der Waals surface area (Å²) in [6.45, 7) is 1.01. The lowest BCUT2D eigenvalue weighted by molar-refractivity contribution is 0.102. The van der Waals surface area contributed by atoms with E-state index in [2.05, 4.69) is 32.0 Å². The van der Waals surface area contributed by atoms with Gasteiger partial charge in [0, 0.05) is 24.4 Å². The molecule has 0 bridgehead atoms. The number of aromatic amines is 1. The molecule has 0 saturated heterocycles. The van der Waals surface area contributed by atoms with Crippen LogP contribution >= 0.6 is 0 Å². The van der Waals surface area contributed by atoms with Crippen molar-refractivity contribution < 1.29 is 14.3 Å². The highest BCUT2D eigenvalue weighted by Gasteiger charge is 2.19. The van der Waals surface area contributed by atoms with Gasteiger partial charge in [-0.2, -0.15) is 10.5 Å². The van der Waals surface area contributed by atoms with Crippen LogP contribution in [0.4, 0.5) is 5.69 Å². The zero-order valence-electron chi connectivity index (χ0n) is 20.0. The van der Waals surface area contributed by atoms with Gasteiger partial charge in [-0.3, -0.25) is 4.79 Å². The predicted molar refractivity (Wildman–Crippen MR) is 137 cm³/mol. The molecule has 0 saturated carbocycles. The predicted octanol–water partition coefficient (Wildman–Crippen LogP) is 4.33. The van der Waals surface area contributed by atoms with E-state index in [1.54, 1.807) is 22.8 Å². The van der Waals surface area contributed by atoms with E-state index >= 15 is 0 Å². The molecule has 1 amide bonds. The third-order valence-corrected chi connectivity index (χ3v) is 5.79. The lowest BCUT2D eigenvalue weighted by Gasteiger charge is -2.12. The topological polar surface area (TPSA) is 131 Å². The number of carbonyl (C=O) groups is 1. The van der Waals surface area contributed by atoms with Crippen LogP contribution in [0.15, 0.2) is 72.8 Å². The molecular weight excluding hydrogens is 470 g/mol. The Balaban J connectivity index is 1.32. The first-order valence-electron chi connectivity index (χ1n) is 11.6. The van der Waals surface area contributed by atoms with Gasteiger partial charge in [-0.1, -0.05) is 30.3 Å². The van der Waals surface area contributed by atoms with E-state index in [-0.39, 0.29) is 11.7 Å². The Labute approximate surface area is 212 Å². The SMILES string of the molecule is Cn1c(C(=O)Nc2ccc(C#N)cc2-c2nn[nH]n2)cc2cccc(OCCCOc3ccccc3)c21. The van der Waals surface area contributed by atoms with Crippen LogP contribution in [0.5, 0.6) is 11.5 Å². The quantitative estimate of drug-likeness (QED) is 0.292. The Hall–Kier alpha value is -5.17. The number of anilines is 1. The largest absolute Gasteiger partial charge is 0.493 e. The van der Waals surface area contributed by atoms with E-state index in [9.17, 15) is 10.1 Å². The van der Waals surface area contributed by atoms with Crippen LogP contribution in [0.1, 0.15) is 22.5 Å². The second kappa shape index (κ2) is 10.6. The van der Waals surface area contributed by atoms with Crippen LogP contribution in [-0.4, -0.2) is 44.3 Å². The summed E-state index contributed by atoms with van der Waals surface area (Å²) < 4.78 is 13.6. The average molecular weight is 494 g/mol. The van der Waals surface area contributed by atoms with E-state index in [4.69, 9.17) is 9.47 Å². The lowest BCUT2D eigenvalue weighted by atomic mass is 10.1. The van der Waals surface area contributed by atoms with Crippen molar-refractivity contribution in [3.8, 4) is 29.0 Å². The number of nitrogens with zero attached hydrogens (tertiary/aromatic N) is 5. The maximum absolute atomic E-state index is 13.3. The maximum Gasteiger partial charge on any atom is 0.272 e. The van der Waals surface area contributed by atoms with Gasteiger partial charge in [0.15, 0.2) is 0 Å². The molecule has 0 fully saturated rings. The van der Waals surface area contributed by atoms with Crippen LogP contribution in [-0.2, 0) is 7.05 Å². The number of fused-ring (bicyclic) bond motifs is 1. The van der Waals surface area contributed by atoms with Gasteiger partial charge in [-0.25, -0.2) is 0 Å². The summed E-state index contributed by atoms with van der Waals surface area (Å²) in [5.74, 6) is 1.46. The van der Waals surface area contributed by atoms with E-state index in [1.807, 2.05) is 61.6 Å². The molecule has 0 unspecified atom stereocenters. The number of hydrogen-bond acceptors (Lipinski definition) is 7. The zero-order chi connectivity index (χ0) is 25.6. The summed E-state index contributed by atoms with van der Waals surface area (Å²) >= 11 is 0. The summed E-state index contributed by atoms with van der Waals surface area (Å²) in [7, 11) is 1.82. The minimum absolute atomic E-state index is 0.274. The molecule has 2 N–H and O–H groups in total. The number of tetrazole rings is 1. The molecule has 0 aliphatic carbocycles. The number of ether oxygens (including phenoxy) is 2. The standard InChI is InChI=1S/C27H23N7O3/c1-34-23(27(35)29-22-12-11-18(17-28)15-21(22)26-30-32-33-31-26)16-19-7-5-10-24(25(19)34)37-14-6-13-36-20-8-3-2-4-9-20/h2-5,7-12,15-16H,6,13-14H2,1H3,(H,29,35)(H,30,31,32,33). The second-order valence-electron chi connectivity index (χ2n) is 8.21. The fourth-order valence-corrected chi connectivity index (χ4v) is 4.03. The third kappa shape index (κ3) is 5.11. The molecule has 3 aromatic carbocycles. The van der Waals surface area contributed by atoms with Crippen molar-refractivity contribution in [1.82, 2.24) is 25.2 Å². The van der Waals surface area contributed by atoms with Crippen LogP contribution in [0.2, 0.25) is 0 Å². The summed E-state index contributed by atoms with van der Waals surface area (Å²) in [6.07, 6.45) is 0.709. The van der Waals surface area contributed by atoms with Gasteiger partial charge >= 0.3 is 0 Å². The van der Waals surface area contributed by atoms with Crippen molar-refractivity contribution in [3.63, 3.8) is 0 Å². The van der Waals surface area contributed by atoms with Gasteiger partial charge in [0.2, 0.25) is 5.82 Å². The Morgan fingerprint density at radius 1 is 1.05 bits per heavy atom. The minimum atomic E-state index is -0.324. The maximum atomic E-state index is 13.3. The Morgan fingerprint density at radius 2 is 1.89 bits per heavy atom. The van der Waals surface area contributed by atoms with E-state index in [1.165, 1.54) is 0 Å².